The van der Waals surface area contributed by atoms with Crippen LogP contribution in [0.4, 0.5) is 4.39 Å². The van der Waals surface area contributed by atoms with Gasteiger partial charge < -0.3 is 0 Å². The molecule has 13 heavy (non-hydrogen) atoms. The van der Waals surface area contributed by atoms with Crippen molar-refractivity contribution in [2.75, 3.05) is 0 Å². The monoisotopic (exact) mass is 200 g/mol. The lowest BCUT2D eigenvalue weighted by Gasteiger charge is -2.12. The van der Waals surface area contributed by atoms with E-state index in [1.807, 2.05) is 0 Å². The van der Waals surface area contributed by atoms with Crippen molar-refractivity contribution in [1.82, 2.24) is 5.43 Å². The van der Waals surface area contributed by atoms with Crippen LogP contribution in [-0.4, -0.2) is 0 Å². The van der Waals surface area contributed by atoms with Crippen molar-refractivity contribution < 1.29 is 4.39 Å². The molecule has 3 N–H and O–H groups in total. The molecule has 1 aromatic carbocycles. The number of nitrogens with one attached hydrogen (secondary N) is 1. The van der Waals surface area contributed by atoms with Crippen LogP contribution < -0.4 is 11.3 Å². The number of rotatable bonds is 3. The van der Waals surface area contributed by atoms with Gasteiger partial charge in [0.1, 0.15) is 5.82 Å². The van der Waals surface area contributed by atoms with Gasteiger partial charge in [0.25, 0.3) is 0 Å². The van der Waals surface area contributed by atoms with E-state index in [0.29, 0.717) is 5.56 Å². The molecule has 70 valence electrons. The molecular weight excluding hydrogens is 191 g/mol. The van der Waals surface area contributed by atoms with Crippen LogP contribution in [0.3, 0.4) is 0 Å². The third-order valence-electron chi connectivity index (χ3n) is 1.73. The Morgan fingerprint density at radius 2 is 2.31 bits per heavy atom. The van der Waals surface area contributed by atoms with E-state index in [1.165, 1.54) is 6.07 Å². The fraction of sp³-hybridized carbons (Fsp3) is 0.111. The Kier molecular flexibility index (Phi) is 3.42. The summed E-state index contributed by atoms with van der Waals surface area (Å²) in [5.41, 5.74) is 3.05. The zero-order valence-electron chi connectivity index (χ0n) is 6.93. The lowest BCUT2D eigenvalue weighted by atomic mass is 10.1. The zero-order valence-corrected chi connectivity index (χ0v) is 7.68. The minimum atomic E-state index is -0.457. The van der Waals surface area contributed by atoms with Crippen LogP contribution in [0.15, 0.2) is 30.9 Å². The molecule has 0 saturated heterocycles. The number of hydrogen-bond donors (Lipinski definition) is 2. The lowest BCUT2D eigenvalue weighted by molar-refractivity contribution is 0.612. The van der Waals surface area contributed by atoms with Crippen LogP contribution in [0.5, 0.6) is 0 Å². The van der Waals surface area contributed by atoms with E-state index in [1.54, 1.807) is 18.2 Å². The minimum Gasteiger partial charge on any atom is -0.271 e. The average Bonchev–Trinajstić information content (AvgIpc) is 2.14. The van der Waals surface area contributed by atoms with Gasteiger partial charge in [-0.05, 0) is 11.6 Å². The summed E-state index contributed by atoms with van der Waals surface area (Å²) in [5, 5.41) is 0.0744. The van der Waals surface area contributed by atoms with E-state index >= 15 is 0 Å². The Labute approximate surface area is 81.2 Å². The first-order valence-corrected chi connectivity index (χ1v) is 4.11. The lowest BCUT2D eigenvalue weighted by Crippen LogP contribution is -2.26. The van der Waals surface area contributed by atoms with Crippen LogP contribution in [0, 0.1) is 5.82 Å². The minimum absolute atomic E-state index is 0.0744. The highest BCUT2D eigenvalue weighted by atomic mass is 35.5. The molecule has 1 aromatic rings. The summed E-state index contributed by atoms with van der Waals surface area (Å²) in [7, 11) is 0. The fourth-order valence-corrected chi connectivity index (χ4v) is 1.29. The summed E-state index contributed by atoms with van der Waals surface area (Å²) in [6.07, 6.45) is 1.56. The predicted octanol–water partition coefficient (Wildman–Crippen LogP) is 2.17. The number of hydrogen-bond acceptors (Lipinski definition) is 2. The van der Waals surface area contributed by atoms with E-state index in [2.05, 4.69) is 12.0 Å². The van der Waals surface area contributed by atoms with Gasteiger partial charge in [0, 0.05) is 0 Å². The smallest absolute Gasteiger partial charge is 0.142 e. The molecule has 0 aliphatic rings. The van der Waals surface area contributed by atoms with Gasteiger partial charge in [-0.2, -0.15) is 0 Å². The largest absolute Gasteiger partial charge is 0.271 e. The van der Waals surface area contributed by atoms with Gasteiger partial charge in [-0.25, -0.2) is 9.82 Å². The van der Waals surface area contributed by atoms with Gasteiger partial charge in [0.05, 0.1) is 11.1 Å². The summed E-state index contributed by atoms with van der Waals surface area (Å²) in [6.45, 7) is 3.56. The standard InChI is InChI=1S/C9H10ClFN2/c1-2-8(13-12)6-4-3-5-7(11)9(6)10/h2-5,8,13H,1,12H2. The van der Waals surface area contributed by atoms with Gasteiger partial charge in [0.2, 0.25) is 0 Å². The van der Waals surface area contributed by atoms with E-state index in [-0.39, 0.29) is 11.1 Å². The molecule has 0 aliphatic carbocycles. The highest BCUT2D eigenvalue weighted by Crippen LogP contribution is 2.25. The highest BCUT2D eigenvalue weighted by molar-refractivity contribution is 6.31. The molecule has 2 nitrogen and oxygen atoms in total. The van der Waals surface area contributed by atoms with Crippen molar-refractivity contribution in [2.24, 2.45) is 5.84 Å². The second-order valence-electron chi connectivity index (χ2n) is 2.52. The molecule has 0 saturated carbocycles. The molecule has 0 bridgehead atoms. The molecular formula is C9H10ClFN2. The third kappa shape index (κ3) is 2.06. The van der Waals surface area contributed by atoms with Crippen molar-refractivity contribution in [2.45, 2.75) is 6.04 Å². The molecule has 0 radical (unpaired) electrons. The summed E-state index contributed by atoms with van der Waals surface area (Å²) >= 11 is 5.73. The second-order valence-corrected chi connectivity index (χ2v) is 2.90. The first-order chi connectivity index (χ1) is 6.20. The summed E-state index contributed by atoms with van der Waals surface area (Å²) in [4.78, 5) is 0. The Bertz CT molecular complexity index is 314. The van der Waals surface area contributed by atoms with E-state index in [4.69, 9.17) is 17.4 Å². The van der Waals surface area contributed by atoms with Gasteiger partial charge >= 0.3 is 0 Å². The molecule has 0 amide bonds. The van der Waals surface area contributed by atoms with Crippen LogP contribution >= 0.6 is 11.6 Å². The molecule has 0 heterocycles. The maximum absolute atomic E-state index is 13.0. The van der Waals surface area contributed by atoms with E-state index in [9.17, 15) is 4.39 Å². The van der Waals surface area contributed by atoms with Crippen LogP contribution in [-0.2, 0) is 0 Å². The first-order valence-electron chi connectivity index (χ1n) is 3.73. The van der Waals surface area contributed by atoms with Crippen molar-refractivity contribution >= 4 is 11.6 Å². The van der Waals surface area contributed by atoms with Crippen molar-refractivity contribution in [1.29, 1.82) is 0 Å². The Morgan fingerprint density at radius 3 is 2.85 bits per heavy atom. The van der Waals surface area contributed by atoms with Gasteiger partial charge in [0.15, 0.2) is 0 Å². The number of hydrazine groups is 1. The molecule has 0 aliphatic heterocycles. The maximum Gasteiger partial charge on any atom is 0.142 e. The molecule has 1 atom stereocenters. The van der Waals surface area contributed by atoms with Gasteiger partial charge in [-0.3, -0.25) is 5.84 Å². The topological polar surface area (TPSA) is 38.0 Å². The quantitative estimate of drug-likeness (QED) is 0.446. The highest BCUT2D eigenvalue weighted by Gasteiger charge is 2.11. The summed E-state index contributed by atoms with van der Waals surface area (Å²) in [6, 6.07) is 4.23. The molecule has 1 rings (SSSR count). The van der Waals surface area contributed by atoms with E-state index < -0.39 is 5.82 Å². The predicted molar refractivity (Wildman–Crippen MR) is 51.7 cm³/mol. The molecule has 0 aromatic heterocycles. The van der Waals surface area contributed by atoms with Crippen LogP contribution in [0.2, 0.25) is 5.02 Å². The van der Waals surface area contributed by atoms with Crippen molar-refractivity contribution in [3.05, 3.63) is 47.3 Å². The zero-order chi connectivity index (χ0) is 9.84. The second kappa shape index (κ2) is 4.37. The first kappa shape index (κ1) is 10.2. The third-order valence-corrected chi connectivity index (χ3v) is 2.13. The Hall–Kier alpha value is -0.900. The molecule has 0 fully saturated rings. The normalized spacial score (nSPS) is 12.5. The average molecular weight is 201 g/mol. The number of halogens is 2. The van der Waals surface area contributed by atoms with Crippen molar-refractivity contribution in [3.63, 3.8) is 0 Å². The SMILES string of the molecule is C=CC(NN)c1cccc(F)c1Cl. The maximum atomic E-state index is 13.0. The number of nitrogens with two attached hydrogens (primary N) is 1. The molecule has 0 spiro atoms. The Morgan fingerprint density at radius 1 is 1.62 bits per heavy atom. The number of benzene rings is 1. The summed E-state index contributed by atoms with van der Waals surface area (Å²) < 4.78 is 13.0. The Balaban J connectivity index is 3.13. The van der Waals surface area contributed by atoms with Gasteiger partial charge in [-0.1, -0.05) is 29.8 Å². The van der Waals surface area contributed by atoms with Crippen LogP contribution in [0.25, 0.3) is 0 Å². The van der Waals surface area contributed by atoms with E-state index in [0.717, 1.165) is 0 Å². The van der Waals surface area contributed by atoms with Gasteiger partial charge in [-0.15, -0.1) is 6.58 Å². The van der Waals surface area contributed by atoms with Crippen molar-refractivity contribution in [3.8, 4) is 0 Å². The summed E-state index contributed by atoms with van der Waals surface area (Å²) in [5.74, 6) is 4.77. The van der Waals surface area contributed by atoms with Crippen LogP contribution in [0.1, 0.15) is 11.6 Å². The molecule has 4 heteroatoms. The fourth-order valence-electron chi connectivity index (χ4n) is 1.05. The molecule has 1 unspecified atom stereocenters.